The highest BCUT2D eigenvalue weighted by Gasteiger charge is 2.21. The first-order chi connectivity index (χ1) is 24.5. The summed E-state index contributed by atoms with van der Waals surface area (Å²) < 4.78 is 3.39. The van der Waals surface area contributed by atoms with Gasteiger partial charge in [0.05, 0.1) is 11.0 Å². The molecule has 0 unspecified atom stereocenters. The van der Waals surface area contributed by atoms with Crippen molar-refractivity contribution in [1.82, 2.24) is 24.1 Å². The molecule has 0 bridgehead atoms. The molecule has 0 aliphatic carbocycles. The Labute approximate surface area is 288 Å². The van der Waals surface area contributed by atoms with Gasteiger partial charge in [-0.15, -0.1) is 0 Å². The van der Waals surface area contributed by atoms with E-state index < -0.39 is 0 Å². The van der Waals surface area contributed by atoms with Crippen LogP contribution < -0.4 is 5.69 Å². The van der Waals surface area contributed by atoms with E-state index in [1.807, 2.05) is 80.8 Å². The third kappa shape index (κ3) is 4.80. The number of nitrogens with zero attached hydrogens (tertiary/aromatic N) is 5. The average Bonchev–Trinajstić information content (AvgIpc) is 3.40. The lowest BCUT2D eigenvalue weighted by atomic mass is 9.87. The largest absolute Gasteiger partial charge is 0.328 e. The third-order valence-corrected chi connectivity index (χ3v) is 9.61. The van der Waals surface area contributed by atoms with Gasteiger partial charge in [-0.25, -0.2) is 19.7 Å². The van der Waals surface area contributed by atoms with E-state index in [4.69, 9.17) is 15.0 Å². The Morgan fingerprint density at radius 1 is 0.380 bits per heavy atom. The molecule has 0 radical (unpaired) electrons. The van der Waals surface area contributed by atoms with Gasteiger partial charge in [-0.05, 0) is 62.0 Å². The van der Waals surface area contributed by atoms with Gasteiger partial charge in [0, 0.05) is 30.8 Å². The lowest BCUT2D eigenvalue weighted by molar-refractivity contribution is 0.795. The van der Waals surface area contributed by atoms with Gasteiger partial charge in [-0.3, -0.25) is 9.13 Å². The van der Waals surface area contributed by atoms with Crippen molar-refractivity contribution in [3.8, 4) is 56.4 Å². The lowest BCUT2D eigenvalue weighted by Gasteiger charge is -2.18. The highest BCUT2D eigenvalue weighted by atomic mass is 16.1. The van der Waals surface area contributed by atoms with E-state index in [9.17, 15) is 4.79 Å². The molecule has 6 nitrogen and oxygen atoms in total. The first-order valence-corrected chi connectivity index (χ1v) is 16.6. The number of aromatic nitrogens is 5. The molecule has 6 heteroatoms. The van der Waals surface area contributed by atoms with Crippen molar-refractivity contribution < 1.29 is 0 Å². The zero-order valence-corrected chi connectivity index (χ0v) is 27.6. The van der Waals surface area contributed by atoms with Crippen LogP contribution in [0.5, 0.6) is 0 Å². The highest BCUT2D eigenvalue weighted by molar-refractivity contribution is 6.21. The van der Waals surface area contributed by atoms with Gasteiger partial charge < -0.3 is 0 Å². The molecule has 7 aromatic carbocycles. The van der Waals surface area contributed by atoms with E-state index in [2.05, 4.69) is 84.9 Å². The van der Waals surface area contributed by atoms with Crippen LogP contribution in [0.25, 0.3) is 89.0 Å². The second kappa shape index (κ2) is 11.8. The highest BCUT2D eigenvalue weighted by Crippen LogP contribution is 2.44. The molecule has 0 spiro atoms. The second-order valence-electron chi connectivity index (χ2n) is 12.6. The van der Waals surface area contributed by atoms with Crippen molar-refractivity contribution >= 4 is 32.6 Å². The van der Waals surface area contributed by atoms with Gasteiger partial charge >= 0.3 is 5.69 Å². The molecule has 238 valence electrons. The molecule has 0 aliphatic rings. The van der Waals surface area contributed by atoms with E-state index in [0.717, 1.165) is 71.5 Å². The summed E-state index contributed by atoms with van der Waals surface area (Å²) in [6.07, 6.45) is 0. The summed E-state index contributed by atoms with van der Waals surface area (Å²) in [6, 6.07) is 52.1. The molecule has 2 heterocycles. The molecule has 0 atom stereocenters. The lowest BCUT2D eigenvalue weighted by Crippen LogP contribution is -2.19. The van der Waals surface area contributed by atoms with Gasteiger partial charge in [0.25, 0.3) is 0 Å². The molecule has 0 saturated carbocycles. The predicted molar refractivity (Wildman–Crippen MR) is 204 cm³/mol. The minimum absolute atomic E-state index is 0.0334. The Kier molecular flexibility index (Phi) is 6.95. The van der Waals surface area contributed by atoms with Crippen LogP contribution in [-0.2, 0) is 14.1 Å². The van der Waals surface area contributed by atoms with Gasteiger partial charge in [-0.1, -0.05) is 133 Å². The Hall–Kier alpha value is -6.66. The number of benzene rings is 7. The van der Waals surface area contributed by atoms with Crippen LogP contribution in [-0.4, -0.2) is 24.1 Å². The summed E-state index contributed by atoms with van der Waals surface area (Å²) in [5, 5.41) is 4.36. The topological polar surface area (TPSA) is 65.6 Å². The van der Waals surface area contributed by atoms with E-state index >= 15 is 0 Å². The number of imidazole rings is 1. The molecule has 0 aliphatic heterocycles. The van der Waals surface area contributed by atoms with Crippen LogP contribution >= 0.6 is 0 Å². The van der Waals surface area contributed by atoms with Crippen molar-refractivity contribution in [3.63, 3.8) is 0 Å². The molecule has 9 rings (SSSR count). The van der Waals surface area contributed by atoms with Crippen molar-refractivity contribution in [1.29, 1.82) is 0 Å². The maximum atomic E-state index is 12.6. The van der Waals surface area contributed by atoms with E-state index in [1.54, 1.807) is 9.13 Å². The number of hydrogen-bond acceptors (Lipinski definition) is 4. The average molecular weight is 646 g/mol. The molecule has 2 aromatic heterocycles. The smallest absolute Gasteiger partial charge is 0.295 e. The molecule has 0 amide bonds. The maximum absolute atomic E-state index is 12.6. The number of rotatable bonds is 5. The third-order valence-electron chi connectivity index (χ3n) is 9.61. The summed E-state index contributed by atoms with van der Waals surface area (Å²) >= 11 is 0. The van der Waals surface area contributed by atoms with Crippen molar-refractivity contribution in [2.24, 2.45) is 14.1 Å². The Bertz CT molecular complexity index is 2690. The van der Waals surface area contributed by atoms with Crippen LogP contribution in [0.1, 0.15) is 0 Å². The summed E-state index contributed by atoms with van der Waals surface area (Å²) in [7, 11) is 3.63. The summed E-state index contributed by atoms with van der Waals surface area (Å²) in [6.45, 7) is 0. The number of aryl methyl sites for hydroxylation is 2. The standard InChI is InChI=1S/C44H31N5O/c1-48-37-25-24-31(27-38(37)49(2)44(48)50)30-18-13-19-32(26-30)39-33-20-9-11-22-35(33)40(36-23-12-10-21-34(36)39)43-46-41(28-14-5-3-6-15-28)45-42(47-43)29-16-7-4-8-17-29/h3-27H,1-2H3. The van der Waals surface area contributed by atoms with Crippen LogP contribution in [0.4, 0.5) is 0 Å². The van der Waals surface area contributed by atoms with Gasteiger partial charge in [-0.2, -0.15) is 0 Å². The maximum Gasteiger partial charge on any atom is 0.328 e. The van der Waals surface area contributed by atoms with Gasteiger partial charge in [0.1, 0.15) is 0 Å². The summed E-state index contributed by atoms with van der Waals surface area (Å²) in [5.41, 5.74) is 9.01. The fourth-order valence-electron chi connectivity index (χ4n) is 7.14. The zero-order valence-electron chi connectivity index (χ0n) is 27.6. The Morgan fingerprint density at radius 2 is 0.820 bits per heavy atom. The first kappa shape index (κ1) is 29.5. The molecular weight excluding hydrogens is 615 g/mol. The van der Waals surface area contributed by atoms with Crippen LogP contribution in [0.2, 0.25) is 0 Å². The molecule has 9 aromatic rings. The summed E-state index contributed by atoms with van der Waals surface area (Å²) in [4.78, 5) is 27.9. The fraction of sp³-hybridized carbons (Fsp3) is 0.0455. The predicted octanol–water partition coefficient (Wildman–Crippen LogP) is 9.70. The Balaban J connectivity index is 1.29. The number of hydrogen-bond donors (Lipinski definition) is 0. The van der Waals surface area contributed by atoms with Gasteiger partial charge in [0.2, 0.25) is 0 Å². The SMILES string of the molecule is Cn1c(=O)n(C)c2cc(-c3cccc(-c4c5ccccc5c(-c5nc(-c6ccccc6)nc(-c6ccccc6)n5)c5ccccc45)c3)ccc21. The molecule has 50 heavy (non-hydrogen) atoms. The van der Waals surface area contributed by atoms with Crippen molar-refractivity contribution in [2.45, 2.75) is 0 Å². The molecule has 0 fully saturated rings. The van der Waals surface area contributed by atoms with Crippen LogP contribution in [0.3, 0.4) is 0 Å². The van der Waals surface area contributed by atoms with E-state index in [-0.39, 0.29) is 5.69 Å². The van der Waals surface area contributed by atoms with Gasteiger partial charge in [0.15, 0.2) is 17.5 Å². The minimum Gasteiger partial charge on any atom is -0.295 e. The van der Waals surface area contributed by atoms with Crippen molar-refractivity contribution in [2.75, 3.05) is 0 Å². The second-order valence-corrected chi connectivity index (χ2v) is 12.6. The molecule has 0 saturated heterocycles. The number of fused-ring (bicyclic) bond motifs is 3. The molecule has 0 N–H and O–H groups in total. The molecular formula is C44H31N5O. The van der Waals surface area contributed by atoms with E-state index in [0.29, 0.717) is 17.5 Å². The first-order valence-electron chi connectivity index (χ1n) is 16.6. The zero-order chi connectivity index (χ0) is 33.8. The van der Waals surface area contributed by atoms with Crippen LogP contribution in [0.15, 0.2) is 156 Å². The normalized spacial score (nSPS) is 11.5. The minimum atomic E-state index is -0.0334. The van der Waals surface area contributed by atoms with E-state index in [1.165, 1.54) is 0 Å². The fourth-order valence-corrected chi connectivity index (χ4v) is 7.14. The Morgan fingerprint density at radius 3 is 1.40 bits per heavy atom. The van der Waals surface area contributed by atoms with Crippen molar-refractivity contribution in [3.05, 3.63) is 162 Å². The quantitative estimate of drug-likeness (QED) is 0.175. The van der Waals surface area contributed by atoms with Crippen LogP contribution in [0, 0.1) is 0 Å². The monoisotopic (exact) mass is 645 g/mol. The summed E-state index contributed by atoms with van der Waals surface area (Å²) in [5.74, 6) is 1.90.